The third-order valence-electron chi connectivity index (χ3n) is 5.02. The molecule has 2 aliphatic rings. The summed E-state index contributed by atoms with van der Waals surface area (Å²) in [7, 11) is 0. The number of nitrogens with zero attached hydrogens (tertiary/aromatic N) is 2. The highest BCUT2D eigenvalue weighted by Crippen LogP contribution is 2.14. The second-order valence-electron chi connectivity index (χ2n) is 7.15. The number of amides is 2. The van der Waals surface area contributed by atoms with Crippen LogP contribution in [0.15, 0.2) is 0 Å². The van der Waals surface area contributed by atoms with Crippen LogP contribution >= 0.6 is 0 Å². The van der Waals surface area contributed by atoms with Crippen molar-refractivity contribution in [1.29, 1.82) is 0 Å². The highest BCUT2D eigenvalue weighted by atomic mass is 16.5. The van der Waals surface area contributed by atoms with Crippen LogP contribution in [0.4, 0.5) is 0 Å². The number of carbonyl (C=O) groups excluding carboxylic acids is 2. The average molecular weight is 370 g/mol. The number of primary amides is 2. The smallest absolute Gasteiger partial charge is 0.261 e. The Kier molecular flexibility index (Phi) is 9.31. The summed E-state index contributed by atoms with van der Waals surface area (Å²) in [6.45, 7) is 4.71. The van der Waals surface area contributed by atoms with Crippen molar-refractivity contribution in [3.8, 4) is 0 Å². The average Bonchev–Trinajstić information content (AvgIpc) is 2.64. The number of hydrogen-bond acceptors (Lipinski definition) is 6. The minimum absolute atomic E-state index is 0.388. The Balaban J connectivity index is 1.50. The van der Waals surface area contributed by atoms with Gasteiger partial charge in [0.1, 0.15) is 0 Å². The molecule has 0 aromatic carbocycles. The van der Waals surface area contributed by atoms with Gasteiger partial charge in [0.15, 0.2) is 12.5 Å². The molecule has 2 fully saturated rings. The molecule has 0 aromatic rings. The third kappa shape index (κ3) is 6.83. The van der Waals surface area contributed by atoms with Crippen LogP contribution in [0.25, 0.3) is 0 Å². The molecule has 2 unspecified atom stereocenters. The number of unbranched alkanes of at least 4 members (excludes halogenated alkanes) is 5. The first kappa shape index (κ1) is 21.1. The second kappa shape index (κ2) is 11.5. The normalized spacial score (nSPS) is 25.2. The molecule has 8 heteroatoms. The van der Waals surface area contributed by atoms with Gasteiger partial charge in [-0.25, -0.2) is 0 Å². The first-order valence-corrected chi connectivity index (χ1v) is 9.89. The molecule has 0 aromatic heterocycles. The zero-order valence-electron chi connectivity index (χ0n) is 15.7. The lowest BCUT2D eigenvalue weighted by atomic mass is 10.1. The quantitative estimate of drug-likeness (QED) is 0.509. The minimum Gasteiger partial charge on any atom is -0.366 e. The van der Waals surface area contributed by atoms with Crippen LogP contribution in [0.3, 0.4) is 0 Å². The van der Waals surface area contributed by atoms with Crippen LogP contribution < -0.4 is 11.5 Å². The number of carbonyl (C=O) groups is 2. The number of nitrogens with two attached hydrogens (primary N) is 2. The van der Waals surface area contributed by atoms with Gasteiger partial charge in [-0.15, -0.1) is 0 Å². The zero-order valence-corrected chi connectivity index (χ0v) is 15.7. The first-order valence-electron chi connectivity index (χ1n) is 9.89. The van der Waals surface area contributed by atoms with Crippen molar-refractivity contribution in [2.24, 2.45) is 11.5 Å². The molecule has 2 saturated heterocycles. The number of hydrogen-bond donors (Lipinski definition) is 2. The summed E-state index contributed by atoms with van der Waals surface area (Å²) in [6, 6.07) is 0. The summed E-state index contributed by atoms with van der Waals surface area (Å²) in [5.41, 5.74) is 10.8. The molecule has 4 N–H and O–H groups in total. The second-order valence-corrected chi connectivity index (χ2v) is 7.15. The fraction of sp³-hybridized carbons (Fsp3) is 0.889. The molecule has 2 atom stereocenters. The highest BCUT2D eigenvalue weighted by Gasteiger charge is 2.28. The standard InChI is InChI=1S/C18H34N4O4/c19-15(23)17-21(11-7-13-25-17)9-5-3-1-2-4-6-10-22-12-8-14-26-18(22)16(20)24/h17-18H,1-14H2,(H2,19,23)(H2,20,24). The van der Waals surface area contributed by atoms with Gasteiger partial charge in [-0.1, -0.05) is 25.7 Å². The van der Waals surface area contributed by atoms with Crippen molar-refractivity contribution in [3.05, 3.63) is 0 Å². The third-order valence-corrected chi connectivity index (χ3v) is 5.02. The number of ether oxygens (including phenoxy) is 2. The molecule has 8 nitrogen and oxygen atoms in total. The van der Waals surface area contributed by atoms with E-state index in [2.05, 4.69) is 0 Å². The van der Waals surface area contributed by atoms with E-state index >= 15 is 0 Å². The van der Waals surface area contributed by atoms with Gasteiger partial charge in [-0.3, -0.25) is 19.4 Å². The fourth-order valence-corrected chi connectivity index (χ4v) is 3.69. The minimum atomic E-state index is -0.547. The van der Waals surface area contributed by atoms with Crippen molar-refractivity contribution in [2.75, 3.05) is 39.4 Å². The van der Waals surface area contributed by atoms with Crippen LogP contribution in [-0.2, 0) is 19.1 Å². The molecule has 2 heterocycles. The molecule has 26 heavy (non-hydrogen) atoms. The van der Waals surface area contributed by atoms with Crippen molar-refractivity contribution in [2.45, 2.75) is 63.8 Å². The Morgan fingerprint density at radius 3 is 1.50 bits per heavy atom. The Morgan fingerprint density at radius 1 is 0.731 bits per heavy atom. The molecule has 0 aliphatic carbocycles. The van der Waals surface area contributed by atoms with E-state index in [1.807, 2.05) is 9.80 Å². The lowest BCUT2D eigenvalue weighted by Crippen LogP contribution is -2.50. The van der Waals surface area contributed by atoms with Crippen molar-refractivity contribution in [1.82, 2.24) is 9.80 Å². The zero-order chi connectivity index (χ0) is 18.8. The van der Waals surface area contributed by atoms with Gasteiger partial charge in [0.2, 0.25) is 0 Å². The Labute approximate surface area is 156 Å². The summed E-state index contributed by atoms with van der Waals surface area (Å²) in [4.78, 5) is 26.9. The van der Waals surface area contributed by atoms with Gasteiger partial charge in [-0.05, 0) is 25.7 Å². The summed E-state index contributed by atoms with van der Waals surface area (Å²) in [5.74, 6) is -0.777. The SMILES string of the molecule is NC(=O)C1OCCCN1CCCCCCCCN1CCCOC1C(N)=O. The van der Waals surface area contributed by atoms with Gasteiger partial charge >= 0.3 is 0 Å². The lowest BCUT2D eigenvalue weighted by molar-refractivity contribution is -0.151. The van der Waals surface area contributed by atoms with E-state index in [1.165, 1.54) is 12.8 Å². The predicted octanol–water partition coefficient (Wildman–Crippen LogP) is 0.394. The van der Waals surface area contributed by atoms with E-state index in [0.717, 1.165) is 64.7 Å². The Morgan fingerprint density at radius 2 is 1.12 bits per heavy atom. The monoisotopic (exact) mass is 370 g/mol. The lowest BCUT2D eigenvalue weighted by Gasteiger charge is -2.33. The fourth-order valence-electron chi connectivity index (χ4n) is 3.69. The molecular formula is C18H34N4O4. The van der Waals surface area contributed by atoms with Gasteiger partial charge < -0.3 is 20.9 Å². The molecule has 0 spiro atoms. The molecule has 2 aliphatic heterocycles. The van der Waals surface area contributed by atoms with Crippen LogP contribution in [-0.4, -0.2) is 73.5 Å². The first-order chi connectivity index (χ1) is 12.6. The van der Waals surface area contributed by atoms with E-state index in [9.17, 15) is 9.59 Å². The molecule has 2 rings (SSSR count). The van der Waals surface area contributed by atoms with Gasteiger partial charge in [-0.2, -0.15) is 0 Å². The Hall–Kier alpha value is -1.22. The summed E-state index contributed by atoms with van der Waals surface area (Å²) >= 11 is 0. The van der Waals surface area contributed by atoms with Crippen molar-refractivity contribution < 1.29 is 19.1 Å². The molecule has 0 saturated carbocycles. The highest BCUT2D eigenvalue weighted by molar-refractivity contribution is 5.78. The maximum atomic E-state index is 11.4. The van der Waals surface area contributed by atoms with Gasteiger partial charge in [0.25, 0.3) is 11.8 Å². The maximum Gasteiger partial charge on any atom is 0.261 e. The number of rotatable bonds is 11. The molecule has 2 amide bonds. The molecule has 0 bridgehead atoms. The van der Waals surface area contributed by atoms with E-state index < -0.39 is 12.5 Å². The summed E-state index contributed by atoms with van der Waals surface area (Å²) in [6.07, 6.45) is 7.54. The van der Waals surface area contributed by atoms with Crippen LogP contribution in [0.5, 0.6) is 0 Å². The molecular weight excluding hydrogens is 336 g/mol. The van der Waals surface area contributed by atoms with E-state index in [-0.39, 0.29) is 11.8 Å². The molecule has 150 valence electrons. The van der Waals surface area contributed by atoms with Crippen LogP contribution in [0.1, 0.15) is 51.4 Å². The Bertz CT molecular complexity index is 409. The van der Waals surface area contributed by atoms with E-state index in [0.29, 0.717) is 13.2 Å². The summed E-state index contributed by atoms with van der Waals surface area (Å²) in [5, 5.41) is 0. The van der Waals surface area contributed by atoms with Gasteiger partial charge in [0.05, 0.1) is 13.2 Å². The maximum absolute atomic E-state index is 11.4. The predicted molar refractivity (Wildman–Crippen MR) is 98.0 cm³/mol. The van der Waals surface area contributed by atoms with E-state index in [1.54, 1.807) is 0 Å². The van der Waals surface area contributed by atoms with Crippen molar-refractivity contribution >= 4 is 11.8 Å². The van der Waals surface area contributed by atoms with Crippen molar-refractivity contribution in [3.63, 3.8) is 0 Å². The topological polar surface area (TPSA) is 111 Å². The van der Waals surface area contributed by atoms with E-state index in [4.69, 9.17) is 20.9 Å². The largest absolute Gasteiger partial charge is 0.366 e. The summed E-state index contributed by atoms with van der Waals surface area (Å²) < 4.78 is 10.9. The van der Waals surface area contributed by atoms with Crippen LogP contribution in [0.2, 0.25) is 0 Å². The van der Waals surface area contributed by atoms with Crippen LogP contribution in [0, 0.1) is 0 Å². The molecule has 0 radical (unpaired) electrons. The van der Waals surface area contributed by atoms with Gasteiger partial charge in [0, 0.05) is 26.2 Å².